The van der Waals surface area contributed by atoms with Crippen molar-refractivity contribution in [2.45, 2.75) is 13.0 Å². The van der Waals surface area contributed by atoms with Crippen LogP contribution in [0.3, 0.4) is 0 Å². The van der Waals surface area contributed by atoms with Gasteiger partial charge in [-0.1, -0.05) is 11.6 Å². The number of oxazole rings is 1. The van der Waals surface area contributed by atoms with Crippen LogP contribution in [0.25, 0.3) is 11.1 Å². The molecule has 2 N–H and O–H groups in total. The number of hydrogen-bond acceptors (Lipinski definition) is 4. The zero-order valence-electron chi connectivity index (χ0n) is 9.27. The van der Waals surface area contributed by atoms with Crippen molar-refractivity contribution in [3.8, 4) is 0 Å². The number of likely N-dealkylation sites (N-methyl/N-ethyl adjacent to an activating group) is 1. The van der Waals surface area contributed by atoms with Gasteiger partial charge in [0.1, 0.15) is 5.52 Å². The minimum absolute atomic E-state index is 0.0728. The minimum Gasteiger partial charge on any atom is -0.423 e. The number of benzene rings is 1. The monoisotopic (exact) mass is 239 g/mol. The van der Waals surface area contributed by atoms with Crippen LogP contribution in [0.1, 0.15) is 6.92 Å². The lowest BCUT2D eigenvalue weighted by Gasteiger charge is -2.16. The number of aromatic nitrogens is 1. The van der Waals surface area contributed by atoms with Crippen molar-refractivity contribution >= 4 is 28.7 Å². The van der Waals surface area contributed by atoms with Gasteiger partial charge in [-0.05, 0) is 19.1 Å². The Morgan fingerprint density at radius 2 is 2.31 bits per heavy atom. The van der Waals surface area contributed by atoms with E-state index in [9.17, 15) is 0 Å². The van der Waals surface area contributed by atoms with Gasteiger partial charge in [0.25, 0.3) is 6.01 Å². The van der Waals surface area contributed by atoms with E-state index < -0.39 is 0 Å². The Kier molecular flexibility index (Phi) is 3.03. The van der Waals surface area contributed by atoms with E-state index in [1.165, 1.54) is 0 Å². The molecule has 16 heavy (non-hydrogen) atoms. The average Bonchev–Trinajstić information content (AvgIpc) is 2.59. The van der Waals surface area contributed by atoms with Gasteiger partial charge in [-0.3, -0.25) is 0 Å². The first-order chi connectivity index (χ1) is 7.56. The van der Waals surface area contributed by atoms with Crippen LogP contribution in [0.4, 0.5) is 6.01 Å². The van der Waals surface area contributed by atoms with Gasteiger partial charge in [-0.2, -0.15) is 4.98 Å². The fraction of sp³-hybridized carbons (Fsp3) is 0.364. The molecule has 0 radical (unpaired) electrons. The SMILES string of the molecule is CC(N)CN(C)c1nc2ccc(Cl)cc2o1. The highest BCUT2D eigenvalue weighted by atomic mass is 35.5. The third-order valence-corrected chi connectivity index (χ3v) is 2.46. The van der Waals surface area contributed by atoms with Crippen LogP contribution in [0, 0.1) is 0 Å². The number of hydrogen-bond donors (Lipinski definition) is 1. The fourth-order valence-electron chi connectivity index (χ4n) is 1.56. The minimum atomic E-state index is 0.0728. The predicted molar refractivity (Wildman–Crippen MR) is 65.9 cm³/mol. The van der Waals surface area contributed by atoms with Crippen LogP contribution in [0.15, 0.2) is 22.6 Å². The van der Waals surface area contributed by atoms with Crippen molar-refractivity contribution in [3.63, 3.8) is 0 Å². The molecule has 0 aliphatic heterocycles. The second-order valence-electron chi connectivity index (χ2n) is 3.97. The first-order valence-corrected chi connectivity index (χ1v) is 5.47. The molecule has 1 aromatic carbocycles. The molecule has 0 aliphatic carbocycles. The normalized spacial score (nSPS) is 13.0. The summed E-state index contributed by atoms with van der Waals surface area (Å²) in [6.45, 7) is 2.64. The van der Waals surface area contributed by atoms with E-state index in [-0.39, 0.29) is 6.04 Å². The maximum Gasteiger partial charge on any atom is 0.298 e. The fourth-order valence-corrected chi connectivity index (χ4v) is 1.72. The summed E-state index contributed by atoms with van der Waals surface area (Å²) in [5.41, 5.74) is 7.21. The molecule has 0 aliphatic rings. The predicted octanol–water partition coefficient (Wildman–Crippen LogP) is 2.26. The van der Waals surface area contributed by atoms with Gasteiger partial charge in [0, 0.05) is 30.7 Å². The summed E-state index contributed by atoms with van der Waals surface area (Å²) in [6, 6.07) is 6.03. The molecule has 86 valence electrons. The smallest absolute Gasteiger partial charge is 0.298 e. The van der Waals surface area contributed by atoms with Crippen molar-refractivity contribution < 1.29 is 4.42 Å². The molecule has 1 unspecified atom stereocenters. The largest absolute Gasteiger partial charge is 0.423 e. The Morgan fingerprint density at radius 1 is 1.56 bits per heavy atom. The van der Waals surface area contributed by atoms with Crippen LogP contribution >= 0.6 is 11.6 Å². The third kappa shape index (κ3) is 2.28. The molecule has 1 atom stereocenters. The zero-order valence-corrected chi connectivity index (χ0v) is 10.0. The van der Waals surface area contributed by atoms with Gasteiger partial charge in [0.15, 0.2) is 5.58 Å². The molecule has 5 heteroatoms. The molecule has 0 bridgehead atoms. The molecular weight excluding hydrogens is 226 g/mol. The zero-order chi connectivity index (χ0) is 11.7. The van der Waals surface area contributed by atoms with E-state index in [2.05, 4.69) is 4.98 Å². The van der Waals surface area contributed by atoms with Crippen molar-refractivity contribution in [2.75, 3.05) is 18.5 Å². The topological polar surface area (TPSA) is 55.3 Å². The maximum absolute atomic E-state index is 5.87. The summed E-state index contributed by atoms with van der Waals surface area (Å²) in [6.07, 6.45) is 0. The van der Waals surface area contributed by atoms with Gasteiger partial charge in [0.2, 0.25) is 0 Å². The summed E-state index contributed by atoms with van der Waals surface area (Å²) in [7, 11) is 1.90. The van der Waals surface area contributed by atoms with E-state index >= 15 is 0 Å². The molecule has 0 amide bonds. The van der Waals surface area contributed by atoms with Crippen LogP contribution in [0.5, 0.6) is 0 Å². The van der Waals surface area contributed by atoms with Gasteiger partial charge in [-0.25, -0.2) is 0 Å². The Morgan fingerprint density at radius 3 is 3.00 bits per heavy atom. The highest BCUT2D eigenvalue weighted by Crippen LogP contribution is 2.23. The van der Waals surface area contributed by atoms with Crippen LogP contribution in [0.2, 0.25) is 5.02 Å². The van der Waals surface area contributed by atoms with Gasteiger partial charge >= 0.3 is 0 Å². The highest BCUT2D eigenvalue weighted by Gasteiger charge is 2.11. The number of rotatable bonds is 3. The lowest BCUT2D eigenvalue weighted by Crippen LogP contribution is -2.32. The van der Waals surface area contributed by atoms with Gasteiger partial charge < -0.3 is 15.1 Å². The van der Waals surface area contributed by atoms with Crippen LogP contribution < -0.4 is 10.6 Å². The Bertz CT molecular complexity index is 495. The molecule has 4 nitrogen and oxygen atoms in total. The molecule has 0 saturated carbocycles. The molecule has 1 heterocycles. The average molecular weight is 240 g/mol. The quantitative estimate of drug-likeness (QED) is 0.893. The van der Waals surface area contributed by atoms with Gasteiger partial charge in [0.05, 0.1) is 0 Å². The lowest BCUT2D eigenvalue weighted by atomic mass is 10.3. The summed E-state index contributed by atoms with van der Waals surface area (Å²) >= 11 is 5.87. The summed E-state index contributed by atoms with van der Waals surface area (Å²) in [5, 5.41) is 0.644. The lowest BCUT2D eigenvalue weighted by molar-refractivity contribution is 0.569. The number of halogens is 1. The number of anilines is 1. The van der Waals surface area contributed by atoms with E-state index in [4.69, 9.17) is 21.8 Å². The number of nitrogens with two attached hydrogens (primary N) is 1. The van der Waals surface area contributed by atoms with Crippen molar-refractivity contribution in [1.82, 2.24) is 4.98 Å². The van der Waals surface area contributed by atoms with Gasteiger partial charge in [-0.15, -0.1) is 0 Å². The molecule has 0 spiro atoms. The van der Waals surface area contributed by atoms with Crippen molar-refractivity contribution in [2.24, 2.45) is 5.73 Å². The number of nitrogens with zero attached hydrogens (tertiary/aromatic N) is 2. The molecular formula is C11H14ClN3O. The van der Waals surface area contributed by atoms with Crippen molar-refractivity contribution in [1.29, 1.82) is 0 Å². The molecule has 0 fully saturated rings. The van der Waals surface area contributed by atoms with E-state index in [1.54, 1.807) is 12.1 Å². The summed E-state index contributed by atoms with van der Waals surface area (Å²) in [5.74, 6) is 0. The first kappa shape index (κ1) is 11.2. The van der Waals surface area contributed by atoms with E-state index in [0.717, 1.165) is 5.52 Å². The Labute approximate surface area is 99.0 Å². The van der Waals surface area contributed by atoms with Crippen LogP contribution in [-0.4, -0.2) is 24.6 Å². The summed E-state index contributed by atoms with van der Waals surface area (Å²) in [4.78, 5) is 6.24. The van der Waals surface area contributed by atoms with E-state index in [1.807, 2.05) is 24.9 Å². The van der Waals surface area contributed by atoms with E-state index in [0.29, 0.717) is 23.2 Å². The molecule has 1 aromatic heterocycles. The second-order valence-corrected chi connectivity index (χ2v) is 4.40. The standard InChI is InChI=1S/C11H14ClN3O/c1-7(13)6-15(2)11-14-9-4-3-8(12)5-10(9)16-11/h3-5,7H,6,13H2,1-2H3. The molecule has 0 saturated heterocycles. The van der Waals surface area contributed by atoms with Crippen LogP contribution in [-0.2, 0) is 0 Å². The molecule has 2 aromatic rings. The maximum atomic E-state index is 5.87. The Balaban J connectivity index is 2.32. The molecule has 2 rings (SSSR count). The first-order valence-electron chi connectivity index (χ1n) is 5.09. The Hall–Kier alpha value is -1.26. The van der Waals surface area contributed by atoms with Crippen molar-refractivity contribution in [3.05, 3.63) is 23.2 Å². The highest BCUT2D eigenvalue weighted by molar-refractivity contribution is 6.31. The number of fused-ring (bicyclic) bond motifs is 1. The summed E-state index contributed by atoms with van der Waals surface area (Å²) < 4.78 is 5.59. The third-order valence-electron chi connectivity index (χ3n) is 2.23. The second kappa shape index (κ2) is 4.31.